The van der Waals surface area contributed by atoms with E-state index in [4.69, 9.17) is 11.6 Å². The lowest BCUT2D eigenvalue weighted by Gasteiger charge is -2.00. The highest BCUT2D eigenvalue weighted by Crippen LogP contribution is 2.16. The van der Waals surface area contributed by atoms with Crippen LogP contribution in [0.3, 0.4) is 0 Å². The lowest BCUT2D eigenvalue weighted by atomic mass is 10.6. The number of sulfonamides is 1. The van der Waals surface area contributed by atoms with E-state index in [1.165, 1.54) is 12.3 Å². The number of anilines is 1. The molecule has 2 rings (SSSR count). The number of nitrogens with zero attached hydrogens (tertiary/aromatic N) is 3. The average Bonchev–Trinajstić information content (AvgIpc) is 2.84. The highest BCUT2D eigenvalue weighted by atomic mass is 35.5. The van der Waals surface area contributed by atoms with Gasteiger partial charge in [0.1, 0.15) is 11.0 Å². The van der Waals surface area contributed by atoms with Gasteiger partial charge in [-0.1, -0.05) is 11.6 Å². The molecule has 0 saturated heterocycles. The van der Waals surface area contributed by atoms with Gasteiger partial charge in [-0.3, -0.25) is 9.82 Å². The predicted molar refractivity (Wildman–Crippen MR) is 67.0 cm³/mol. The van der Waals surface area contributed by atoms with Crippen LogP contribution in [0.1, 0.15) is 12.7 Å². The van der Waals surface area contributed by atoms with Crippen LogP contribution in [0.2, 0.25) is 5.15 Å². The zero-order chi connectivity index (χ0) is 13.3. The van der Waals surface area contributed by atoms with Crippen LogP contribution in [0.15, 0.2) is 17.3 Å². The number of imidazole rings is 1. The Labute approximate surface area is 109 Å². The van der Waals surface area contributed by atoms with Crippen molar-refractivity contribution >= 4 is 27.4 Å². The van der Waals surface area contributed by atoms with Gasteiger partial charge < -0.3 is 4.57 Å². The molecule has 7 nitrogen and oxygen atoms in total. The second-order valence-corrected chi connectivity index (χ2v) is 5.66. The van der Waals surface area contributed by atoms with E-state index in [0.29, 0.717) is 12.4 Å². The zero-order valence-corrected chi connectivity index (χ0v) is 11.4. The third kappa shape index (κ3) is 2.49. The molecule has 0 aliphatic rings. The Bertz CT molecular complexity index is 660. The number of aromatic amines is 1. The van der Waals surface area contributed by atoms with E-state index in [1.807, 2.05) is 6.92 Å². The fraction of sp³-hybridized carbons (Fsp3) is 0.333. The van der Waals surface area contributed by atoms with Gasteiger partial charge in [0.05, 0.1) is 0 Å². The second-order valence-electron chi connectivity index (χ2n) is 3.62. The molecule has 0 atom stereocenters. The molecule has 2 aromatic rings. The van der Waals surface area contributed by atoms with E-state index >= 15 is 0 Å². The van der Waals surface area contributed by atoms with Crippen LogP contribution in [0.5, 0.6) is 0 Å². The lowest BCUT2D eigenvalue weighted by Crippen LogP contribution is -2.13. The summed E-state index contributed by atoms with van der Waals surface area (Å²) in [5.41, 5.74) is 0. The maximum absolute atomic E-state index is 12.0. The minimum Gasteiger partial charge on any atom is -0.334 e. The predicted octanol–water partition coefficient (Wildman–Crippen LogP) is 1.39. The summed E-state index contributed by atoms with van der Waals surface area (Å²) in [5, 5.41) is 6.34. The molecular weight excluding hydrogens is 278 g/mol. The van der Waals surface area contributed by atoms with Crippen LogP contribution < -0.4 is 4.72 Å². The van der Waals surface area contributed by atoms with Crippen molar-refractivity contribution in [3.05, 3.63) is 23.2 Å². The number of halogens is 1. The molecule has 0 spiro atoms. The number of H-pyrrole nitrogens is 1. The van der Waals surface area contributed by atoms with E-state index in [0.717, 1.165) is 0 Å². The lowest BCUT2D eigenvalue weighted by molar-refractivity contribution is 0.597. The van der Waals surface area contributed by atoms with Crippen molar-refractivity contribution in [2.24, 2.45) is 0 Å². The normalized spacial score (nSPS) is 11.7. The minimum absolute atomic E-state index is 0.0408. The van der Waals surface area contributed by atoms with Gasteiger partial charge in [0, 0.05) is 18.8 Å². The van der Waals surface area contributed by atoms with Gasteiger partial charge in [0.15, 0.2) is 10.8 Å². The number of aryl methyl sites for hydroxylation is 2. The second kappa shape index (κ2) is 4.62. The molecule has 98 valence electrons. The molecule has 0 aliphatic carbocycles. The summed E-state index contributed by atoms with van der Waals surface area (Å²) in [4.78, 5) is 4.00. The molecule has 0 unspecified atom stereocenters. The van der Waals surface area contributed by atoms with Gasteiger partial charge in [0.2, 0.25) is 0 Å². The molecule has 0 aromatic carbocycles. The average molecular weight is 290 g/mol. The smallest absolute Gasteiger partial charge is 0.282 e. The molecule has 0 aliphatic heterocycles. The van der Waals surface area contributed by atoms with Crippen molar-refractivity contribution < 1.29 is 8.42 Å². The minimum atomic E-state index is -3.73. The summed E-state index contributed by atoms with van der Waals surface area (Å²) in [6, 6.07) is 1.38. The Morgan fingerprint density at radius 1 is 1.56 bits per heavy atom. The number of hydrogen-bond donors (Lipinski definition) is 2. The van der Waals surface area contributed by atoms with Crippen LogP contribution in [-0.4, -0.2) is 28.2 Å². The summed E-state index contributed by atoms with van der Waals surface area (Å²) >= 11 is 5.61. The third-order valence-corrected chi connectivity index (χ3v) is 3.77. The molecular formula is C9H12ClN5O2S. The Balaban J connectivity index is 2.30. The molecule has 2 N–H and O–H groups in total. The molecule has 0 saturated carbocycles. The van der Waals surface area contributed by atoms with Crippen molar-refractivity contribution in [3.63, 3.8) is 0 Å². The van der Waals surface area contributed by atoms with Gasteiger partial charge in [-0.15, -0.1) is 0 Å². The van der Waals surface area contributed by atoms with Crippen LogP contribution >= 0.6 is 11.6 Å². The number of rotatable bonds is 4. The van der Waals surface area contributed by atoms with Gasteiger partial charge in [0.25, 0.3) is 10.0 Å². The van der Waals surface area contributed by atoms with Crippen LogP contribution in [0.4, 0.5) is 5.82 Å². The van der Waals surface area contributed by atoms with Crippen molar-refractivity contribution in [1.29, 1.82) is 0 Å². The first kappa shape index (κ1) is 12.9. The summed E-state index contributed by atoms with van der Waals surface area (Å²) in [6.45, 7) is 4.31. The monoisotopic (exact) mass is 289 g/mol. The first-order chi connectivity index (χ1) is 8.42. The van der Waals surface area contributed by atoms with E-state index in [2.05, 4.69) is 19.9 Å². The van der Waals surface area contributed by atoms with E-state index in [-0.39, 0.29) is 16.0 Å². The van der Waals surface area contributed by atoms with E-state index in [1.54, 1.807) is 11.5 Å². The molecule has 9 heteroatoms. The van der Waals surface area contributed by atoms with Gasteiger partial charge in [-0.05, 0) is 13.8 Å². The van der Waals surface area contributed by atoms with Crippen LogP contribution in [0.25, 0.3) is 0 Å². The molecule has 0 bridgehead atoms. The fourth-order valence-corrected chi connectivity index (χ4v) is 2.62. The third-order valence-electron chi connectivity index (χ3n) is 2.36. The van der Waals surface area contributed by atoms with Gasteiger partial charge >= 0.3 is 0 Å². The number of hydrogen-bond acceptors (Lipinski definition) is 4. The first-order valence-corrected chi connectivity index (χ1v) is 7.06. The van der Waals surface area contributed by atoms with E-state index in [9.17, 15) is 8.42 Å². The van der Waals surface area contributed by atoms with Crippen molar-refractivity contribution in [2.75, 3.05) is 4.72 Å². The molecule has 2 heterocycles. The zero-order valence-electron chi connectivity index (χ0n) is 9.81. The molecule has 0 amide bonds. The molecule has 0 fully saturated rings. The Kier molecular flexibility index (Phi) is 3.31. The molecule has 0 radical (unpaired) electrons. The summed E-state index contributed by atoms with van der Waals surface area (Å²) in [6.07, 6.45) is 1.48. The summed E-state index contributed by atoms with van der Waals surface area (Å²) in [5.74, 6) is 0.765. The van der Waals surface area contributed by atoms with Crippen LogP contribution in [-0.2, 0) is 16.6 Å². The molecule has 18 heavy (non-hydrogen) atoms. The van der Waals surface area contributed by atoms with Crippen molar-refractivity contribution in [3.8, 4) is 0 Å². The van der Waals surface area contributed by atoms with Crippen molar-refractivity contribution in [2.45, 2.75) is 25.4 Å². The SMILES string of the molecule is CCn1cc(S(=O)(=O)Nc2cc(Cl)[nH]n2)nc1C. The quantitative estimate of drug-likeness (QED) is 0.889. The van der Waals surface area contributed by atoms with Gasteiger partial charge in [-0.2, -0.15) is 13.5 Å². The fourth-order valence-electron chi connectivity index (χ4n) is 1.47. The summed E-state index contributed by atoms with van der Waals surface area (Å²) < 4.78 is 28.0. The summed E-state index contributed by atoms with van der Waals surface area (Å²) in [7, 11) is -3.73. The molecule has 2 aromatic heterocycles. The van der Waals surface area contributed by atoms with Crippen LogP contribution in [0, 0.1) is 6.92 Å². The Hall–Kier alpha value is -1.54. The van der Waals surface area contributed by atoms with Crippen molar-refractivity contribution in [1.82, 2.24) is 19.7 Å². The highest BCUT2D eigenvalue weighted by molar-refractivity contribution is 7.92. The Morgan fingerprint density at radius 2 is 2.28 bits per heavy atom. The number of aromatic nitrogens is 4. The topological polar surface area (TPSA) is 92.7 Å². The maximum atomic E-state index is 12.0. The maximum Gasteiger partial charge on any atom is 0.282 e. The first-order valence-electron chi connectivity index (χ1n) is 5.20. The Morgan fingerprint density at radius 3 is 2.78 bits per heavy atom. The standard InChI is InChI=1S/C9H12ClN5O2S/c1-3-15-5-9(11-6(15)2)18(16,17)14-8-4-7(10)12-13-8/h4-5H,3H2,1-2H3,(H2,12,13,14). The highest BCUT2D eigenvalue weighted by Gasteiger charge is 2.20. The number of nitrogens with one attached hydrogen (secondary N) is 2. The largest absolute Gasteiger partial charge is 0.334 e. The van der Waals surface area contributed by atoms with E-state index < -0.39 is 10.0 Å². The van der Waals surface area contributed by atoms with Gasteiger partial charge in [-0.25, -0.2) is 4.98 Å².